The molecule has 2 unspecified atom stereocenters. The van der Waals surface area contributed by atoms with Crippen molar-refractivity contribution in [3.8, 4) is 22.3 Å². The van der Waals surface area contributed by atoms with Crippen molar-refractivity contribution in [2.75, 3.05) is 13.1 Å². The van der Waals surface area contributed by atoms with E-state index in [1.165, 1.54) is 12.1 Å². The van der Waals surface area contributed by atoms with Gasteiger partial charge in [-0.15, -0.1) is 0 Å². The number of aliphatic hydroxyl groups is 2. The monoisotopic (exact) mass is 693 g/mol. The van der Waals surface area contributed by atoms with Gasteiger partial charge in [0.1, 0.15) is 11.5 Å². The van der Waals surface area contributed by atoms with Crippen LogP contribution in [0, 0.1) is 5.82 Å². The van der Waals surface area contributed by atoms with Gasteiger partial charge in [0.05, 0.1) is 18.6 Å². The molecule has 0 radical (unpaired) electrons. The molecule has 260 valence electrons. The number of halogens is 1. The summed E-state index contributed by atoms with van der Waals surface area (Å²) < 4.78 is 16.1. The maximum atomic E-state index is 14.4. The molecule has 1 aliphatic rings. The van der Waals surface area contributed by atoms with Crippen LogP contribution in [0.5, 0.6) is 0 Å². The van der Waals surface area contributed by atoms with Gasteiger partial charge in [-0.25, -0.2) is 4.39 Å². The summed E-state index contributed by atoms with van der Waals surface area (Å²) in [5, 5.41) is 33.1. The van der Waals surface area contributed by atoms with Crippen molar-refractivity contribution in [2.45, 2.75) is 77.2 Å². The van der Waals surface area contributed by atoms with Crippen molar-refractivity contribution in [2.24, 2.45) is 0 Å². The predicted molar refractivity (Wildman–Crippen MR) is 193 cm³/mol. The van der Waals surface area contributed by atoms with E-state index >= 15 is 0 Å². The fourth-order valence-corrected chi connectivity index (χ4v) is 6.69. The predicted octanol–water partition coefficient (Wildman–Crippen LogP) is 5.58. The first-order chi connectivity index (χ1) is 23.5. The van der Waals surface area contributed by atoms with Crippen LogP contribution >= 0.6 is 0 Å². The van der Waals surface area contributed by atoms with Gasteiger partial charge in [-0.2, -0.15) is 0 Å². The Balaban J connectivity index is 0.00000562. The zero-order valence-electron chi connectivity index (χ0n) is 27.9. The number of hydrogen-bond acceptors (Lipinski definition) is 5. The Hall–Kier alpha value is -3.80. The molecule has 4 aromatic rings. The molecule has 2 atom stereocenters. The second kappa shape index (κ2) is 17.9. The van der Waals surface area contributed by atoms with Gasteiger partial charge in [0.25, 0.3) is 11.8 Å². The number of rotatable bonds is 14. The van der Waals surface area contributed by atoms with Crippen LogP contribution in [0.1, 0.15) is 84.1 Å². The Labute approximate surface area is 314 Å². The summed E-state index contributed by atoms with van der Waals surface area (Å²) in [6.45, 7) is 5.59. The van der Waals surface area contributed by atoms with Crippen molar-refractivity contribution < 1.29 is 34.1 Å². The van der Waals surface area contributed by atoms with Gasteiger partial charge in [0, 0.05) is 48.1 Å². The van der Waals surface area contributed by atoms with Crippen LogP contribution in [0.2, 0.25) is 0 Å². The summed E-state index contributed by atoms with van der Waals surface area (Å²) in [4.78, 5) is 40.4. The standard InChI is InChI=1S/C39H44FN3O6.Na.H/c1-25(2)43-33(18-17-31(44)22-32(45)23-34(46)47)35(28-13-15-30(40)16-14-28)36(27-10-4-3-5-11-27)37(43)38(48)41-24-26-9-8-12-29(21-26)39(49)42-19-6-7-20-42;;/h3-5,8-16,21,25,31-32,44-45H,6-7,17-20,22-24H2,1-2H3,(H,41,48)(H,46,47);;. The number of likely N-dealkylation sites (tertiary alicyclic amines) is 1. The minimum atomic E-state index is -1.20. The Kier molecular flexibility index (Phi) is 14.0. The number of aliphatic carboxylic acids is 1. The summed E-state index contributed by atoms with van der Waals surface area (Å²) >= 11 is 0. The number of benzene rings is 3. The SMILES string of the molecule is CC(C)n1c(CCC(O)CC(O)CC(=O)O)c(-c2ccc(F)cc2)c(-c2ccccc2)c1C(=O)NCc1cccc(C(=O)N2CCCC2)c1.[NaH]. The van der Waals surface area contributed by atoms with E-state index in [-0.39, 0.29) is 66.8 Å². The third-order valence-corrected chi connectivity index (χ3v) is 8.92. The number of amides is 2. The van der Waals surface area contributed by atoms with E-state index in [2.05, 4.69) is 5.32 Å². The molecule has 2 amide bonds. The molecule has 0 aliphatic carbocycles. The molecule has 0 bridgehead atoms. The number of carboxylic acid groups (broad SMARTS) is 1. The Morgan fingerprint density at radius 2 is 1.52 bits per heavy atom. The van der Waals surface area contributed by atoms with Gasteiger partial charge in [-0.3, -0.25) is 14.4 Å². The second-order valence-corrected chi connectivity index (χ2v) is 12.9. The number of carboxylic acids is 1. The molecule has 0 spiro atoms. The molecule has 1 aliphatic heterocycles. The third kappa shape index (κ3) is 9.50. The van der Waals surface area contributed by atoms with E-state index < -0.39 is 30.4 Å². The van der Waals surface area contributed by atoms with Crippen LogP contribution in [0.3, 0.4) is 0 Å². The zero-order chi connectivity index (χ0) is 35.1. The number of carbonyl (C=O) groups is 3. The molecule has 1 aromatic heterocycles. The summed E-state index contributed by atoms with van der Waals surface area (Å²) in [6, 6.07) is 22.7. The van der Waals surface area contributed by atoms with Gasteiger partial charge in [-0.1, -0.05) is 54.6 Å². The van der Waals surface area contributed by atoms with Crippen molar-refractivity contribution >= 4 is 47.3 Å². The molecule has 1 fully saturated rings. The summed E-state index contributed by atoms with van der Waals surface area (Å²) in [7, 11) is 0. The van der Waals surface area contributed by atoms with E-state index in [9.17, 15) is 29.0 Å². The second-order valence-electron chi connectivity index (χ2n) is 12.9. The molecular weight excluding hydrogens is 648 g/mol. The maximum absolute atomic E-state index is 14.4. The van der Waals surface area contributed by atoms with Crippen molar-refractivity contribution in [3.05, 3.63) is 107 Å². The molecule has 5 rings (SSSR count). The number of nitrogens with zero attached hydrogens (tertiary/aromatic N) is 2. The van der Waals surface area contributed by atoms with Crippen LogP contribution in [0.15, 0.2) is 78.9 Å². The summed E-state index contributed by atoms with van der Waals surface area (Å²) in [5.74, 6) is -1.91. The van der Waals surface area contributed by atoms with Crippen molar-refractivity contribution in [3.63, 3.8) is 0 Å². The Bertz CT molecular complexity index is 1770. The molecule has 2 heterocycles. The quantitative estimate of drug-likeness (QED) is 0.128. The van der Waals surface area contributed by atoms with E-state index in [4.69, 9.17) is 5.11 Å². The van der Waals surface area contributed by atoms with E-state index in [1.54, 1.807) is 18.2 Å². The van der Waals surface area contributed by atoms with Crippen LogP contribution < -0.4 is 5.32 Å². The Morgan fingerprint density at radius 1 is 0.860 bits per heavy atom. The molecule has 11 heteroatoms. The Morgan fingerprint density at radius 3 is 2.16 bits per heavy atom. The number of carbonyl (C=O) groups excluding carboxylic acids is 2. The average Bonchev–Trinajstić information content (AvgIpc) is 3.74. The normalized spacial score (nSPS) is 13.9. The van der Waals surface area contributed by atoms with Crippen molar-refractivity contribution in [1.29, 1.82) is 0 Å². The fraction of sp³-hybridized carbons (Fsp3) is 0.359. The van der Waals surface area contributed by atoms with Crippen LogP contribution in [-0.4, -0.2) is 97.4 Å². The molecule has 4 N–H and O–H groups in total. The molecule has 50 heavy (non-hydrogen) atoms. The van der Waals surface area contributed by atoms with Gasteiger partial charge >= 0.3 is 35.5 Å². The zero-order valence-corrected chi connectivity index (χ0v) is 27.9. The molecule has 9 nitrogen and oxygen atoms in total. The number of aromatic nitrogens is 1. The van der Waals surface area contributed by atoms with Crippen LogP contribution in [0.4, 0.5) is 4.39 Å². The van der Waals surface area contributed by atoms with Gasteiger partial charge in [0.15, 0.2) is 0 Å². The number of hydrogen-bond donors (Lipinski definition) is 4. The number of aliphatic hydroxyl groups excluding tert-OH is 2. The molecule has 3 aromatic carbocycles. The summed E-state index contributed by atoms with van der Waals surface area (Å²) in [6.07, 6.45) is -0.321. The van der Waals surface area contributed by atoms with Gasteiger partial charge in [0.2, 0.25) is 0 Å². The topological polar surface area (TPSA) is 132 Å². The van der Waals surface area contributed by atoms with Gasteiger partial charge in [-0.05, 0) is 86.9 Å². The van der Waals surface area contributed by atoms with Gasteiger partial charge < -0.3 is 30.1 Å². The third-order valence-electron chi connectivity index (χ3n) is 8.92. The van der Waals surface area contributed by atoms with E-state index in [1.807, 2.05) is 71.8 Å². The molecule has 1 saturated heterocycles. The van der Waals surface area contributed by atoms with E-state index in [0.717, 1.165) is 48.3 Å². The fourth-order valence-electron chi connectivity index (χ4n) is 6.69. The first kappa shape index (κ1) is 39.0. The molecule has 0 saturated carbocycles. The van der Waals surface area contributed by atoms with Crippen molar-refractivity contribution in [1.82, 2.24) is 14.8 Å². The van der Waals surface area contributed by atoms with Crippen LogP contribution in [0.25, 0.3) is 22.3 Å². The number of nitrogens with one attached hydrogen (secondary N) is 1. The first-order valence-corrected chi connectivity index (χ1v) is 16.9. The first-order valence-electron chi connectivity index (χ1n) is 16.9. The summed E-state index contributed by atoms with van der Waals surface area (Å²) in [5.41, 5.74) is 5.37. The average molecular weight is 694 g/mol. The van der Waals surface area contributed by atoms with Crippen LogP contribution in [-0.2, 0) is 17.8 Å². The minimum absolute atomic E-state index is 0. The van der Waals surface area contributed by atoms with E-state index in [0.29, 0.717) is 28.8 Å². The molecular formula is C39H45FN3NaO6.